The molecule has 0 aromatic carbocycles. The van der Waals surface area contributed by atoms with Crippen LogP contribution in [0.1, 0.15) is 144 Å². The van der Waals surface area contributed by atoms with Crippen LogP contribution >= 0.6 is 0 Å². The van der Waals surface area contributed by atoms with Crippen molar-refractivity contribution in [3.05, 3.63) is 24.3 Å². The van der Waals surface area contributed by atoms with E-state index < -0.39 is 12.6 Å². The number of aliphatic hydroxyl groups excluding tert-OH is 1. The third-order valence-corrected chi connectivity index (χ3v) is 13.9. The monoisotopic (exact) mass is 641 g/mol. The lowest BCUT2D eigenvalue weighted by molar-refractivity contribution is -0.147. The van der Waals surface area contributed by atoms with Crippen LogP contribution < -0.4 is 0 Å². The number of fused-ring (bicyclic) bond motifs is 5. The number of carbonyl (C=O) groups is 2. The second-order valence-corrected chi connectivity index (χ2v) is 17.3. The van der Waals surface area contributed by atoms with Crippen LogP contribution in [-0.2, 0) is 19.1 Å². The summed E-state index contributed by atoms with van der Waals surface area (Å²) in [6.07, 6.45) is 20.0. The van der Waals surface area contributed by atoms with E-state index in [-0.39, 0.29) is 24.3 Å². The first kappa shape index (κ1) is 37.2. The van der Waals surface area contributed by atoms with Gasteiger partial charge in [-0.1, -0.05) is 73.5 Å². The Morgan fingerprint density at radius 2 is 1.57 bits per heavy atom. The minimum Gasteiger partial charge on any atom is -0.462 e. The van der Waals surface area contributed by atoms with Crippen LogP contribution in [-0.4, -0.2) is 36.4 Å². The van der Waals surface area contributed by atoms with E-state index in [1.165, 1.54) is 83.5 Å². The average molecular weight is 641 g/mol. The highest BCUT2D eigenvalue weighted by Gasteiger charge is 2.60. The minimum absolute atomic E-state index is 0.0330. The Morgan fingerprint density at radius 3 is 2.26 bits per heavy atom. The van der Waals surface area contributed by atoms with E-state index in [0.29, 0.717) is 22.8 Å². The van der Waals surface area contributed by atoms with Crippen molar-refractivity contribution in [2.24, 2.45) is 58.2 Å². The summed E-state index contributed by atoms with van der Waals surface area (Å²) < 4.78 is 11.0. The van der Waals surface area contributed by atoms with Crippen molar-refractivity contribution in [1.82, 2.24) is 0 Å². The molecule has 4 aliphatic rings. The minimum atomic E-state index is -0.602. The van der Waals surface area contributed by atoms with Gasteiger partial charge in [0.15, 0.2) is 0 Å². The van der Waals surface area contributed by atoms with Crippen molar-refractivity contribution in [3.8, 4) is 0 Å². The van der Waals surface area contributed by atoms with Crippen LogP contribution in [0.4, 0.5) is 0 Å². The molecule has 0 radical (unpaired) electrons. The summed E-state index contributed by atoms with van der Waals surface area (Å²) in [5.74, 6) is 6.02. The van der Waals surface area contributed by atoms with E-state index in [4.69, 9.17) is 14.6 Å². The maximum absolute atomic E-state index is 12.3. The topological polar surface area (TPSA) is 72.8 Å². The summed E-state index contributed by atoms with van der Waals surface area (Å²) in [6, 6.07) is 0. The average Bonchev–Trinajstić information content (AvgIpc) is 3.37. The molecule has 46 heavy (non-hydrogen) atoms. The van der Waals surface area contributed by atoms with Crippen LogP contribution in [0.5, 0.6) is 0 Å². The molecule has 10 atom stereocenters. The van der Waals surface area contributed by atoms with Crippen LogP contribution in [0.3, 0.4) is 0 Å². The van der Waals surface area contributed by atoms with Crippen molar-refractivity contribution < 1.29 is 24.2 Å². The molecule has 0 aliphatic heterocycles. The smallest absolute Gasteiger partial charge is 0.335 e. The molecule has 262 valence electrons. The van der Waals surface area contributed by atoms with Gasteiger partial charge in [-0.25, -0.2) is 9.59 Å². The fourth-order valence-electron chi connectivity index (χ4n) is 11.2. The van der Waals surface area contributed by atoms with Gasteiger partial charge in [-0.15, -0.1) is 0 Å². The summed E-state index contributed by atoms with van der Waals surface area (Å²) in [4.78, 5) is 24.2. The summed E-state index contributed by atoms with van der Waals surface area (Å²) >= 11 is 0. The van der Waals surface area contributed by atoms with Crippen molar-refractivity contribution in [2.45, 2.75) is 150 Å². The molecule has 5 heteroatoms. The fourth-order valence-corrected chi connectivity index (χ4v) is 11.2. The summed E-state index contributed by atoms with van der Waals surface area (Å²) in [6.45, 7) is 21.3. The van der Waals surface area contributed by atoms with Gasteiger partial charge in [0, 0.05) is 12.0 Å². The first-order chi connectivity index (χ1) is 21.8. The Morgan fingerprint density at radius 1 is 0.848 bits per heavy atom. The SMILES string of the molecule is C=C(C)C(=O)OC(CCC[C@H]1CC[C@@]2(C)C(CCC3C2CC[C@@]2(C)C3CC[C@@H]2[C@H](C)CCCC(C)C)C1)CCOC(=O)C(=C)CO. The highest BCUT2D eigenvalue weighted by atomic mass is 16.6. The van der Waals surface area contributed by atoms with E-state index >= 15 is 0 Å². The number of esters is 2. The first-order valence-electron chi connectivity index (χ1n) is 19.1. The first-order valence-corrected chi connectivity index (χ1v) is 19.1. The van der Waals surface area contributed by atoms with Gasteiger partial charge >= 0.3 is 11.9 Å². The Bertz CT molecular complexity index is 1060. The third kappa shape index (κ3) is 8.50. The largest absolute Gasteiger partial charge is 0.462 e. The number of carbonyl (C=O) groups excluding carboxylic acids is 2. The van der Waals surface area contributed by atoms with Crippen molar-refractivity contribution in [1.29, 1.82) is 0 Å². The lowest BCUT2D eigenvalue weighted by Gasteiger charge is -2.61. The number of ether oxygens (including phenoxy) is 2. The molecule has 4 saturated carbocycles. The van der Waals surface area contributed by atoms with Gasteiger partial charge in [-0.3, -0.25) is 0 Å². The van der Waals surface area contributed by atoms with E-state index in [2.05, 4.69) is 47.8 Å². The zero-order chi connectivity index (χ0) is 33.6. The van der Waals surface area contributed by atoms with Crippen LogP contribution in [0.2, 0.25) is 0 Å². The zero-order valence-electron chi connectivity index (χ0n) is 30.4. The highest BCUT2D eigenvalue weighted by molar-refractivity contribution is 5.88. The zero-order valence-corrected chi connectivity index (χ0v) is 30.4. The number of hydrogen-bond acceptors (Lipinski definition) is 5. The van der Waals surface area contributed by atoms with Gasteiger partial charge in [0.25, 0.3) is 0 Å². The molecule has 0 spiro atoms. The standard InChI is InChI=1S/C41H68O5/c1-27(2)11-9-12-29(5)35-17-18-36-34-16-15-32-25-31(19-22-40(32,7)37(34)20-23-41(35,36)8)13-10-14-33(46-38(43)28(3)4)21-24-45-39(44)30(6)26-42/h27,29,31-37,42H,3,6,9-26H2,1-2,4-5,7-8H3/t29-,31+,32?,33?,34?,35-,36?,37?,40+,41-/m1/s1. The molecule has 4 rings (SSSR count). The van der Waals surface area contributed by atoms with E-state index in [9.17, 15) is 9.59 Å². The molecule has 0 bridgehead atoms. The fraction of sp³-hybridized carbons (Fsp3) is 0.854. The molecule has 1 N–H and O–H groups in total. The molecule has 0 saturated heterocycles. The summed E-state index contributed by atoms with van der Waals surface area (Å²) in [7, 11) is 0. The molecule has 0 heterocycles. The van der Waals surface area contributed by atoms with Gasteiger partial charge in [0.2, 0.25) is 0 Å². The molecule has 5 unspecified atom stereocenters. The van der Waals surface area contributed by atoms with E-state index in [0.717, 1.165) is 60.2 Å². The van der Waals surface area contributed by atoms with Gasteiger partial charge in [0.05, 0.1) is 18.8 Å². The predicted octanol–water partition coefficient (Wildman–Crippen LogP) is 9.86. The normalized spacial score (nSPS) is 35.0. The Balaban J connectivity index is 1.28. The van der Waals surface area contributed by atoms with Crippen LogP contribution in [0.25, 0.3) is 0 Å². The molecule has 4 fully saturated rings. The van der Waals surface area contributed by atoms with Gasteiger partial charge in [-0.2, -0.15) is 0 Å². The Kier molecular flexibility index (Phi) is 13.1. The summed E-state index contributed by atoms with van der Waals surface area (Å²) in [5, 5.41) is 9.11. The predicted molar refractivity (Wildman–Crippen MR) is 187 cm³/mol. The van der Waals surface area contributed by atoms with Gasteiger partial charge in [0.1, 0.15) is 6.10 Å². The third-order valence-electron chi connectivity index (χ3n) is 13.9. The highest BCUT2D eigenvalue weighted by Crippen LogP contribution is 2.68. The molecule has 4 aliphatic carbocycles. The van der Waals surface area contributed by atoms with E-state index in [1.54, 1.807) is 6.92 Å². The molecule has 0 aromatic rings. The molecule has 0 aromatic heterocycles. The molecular weight excluding hydrogens is 572 g/mol. The number of rotatable bonds is 16. The quantitative estimate of drug-likeness (QED) is 0.134. The Labute approximate surface area is 281 Å². The van der Waals surface area contributed by atoms with E-state index in [1.807, 2.05) is 0 Å². The number of hydrogen-bond donors (Lipinski definition) is 1. The lowest BCUT2D eigenvalue weighted by Crippen LogP contribution is -2.53. The maximum atomic E-state index is 12.3. The Hall–Kier alpha value is -1.62. The van der Waals surface area contributed by atoms with Gasteiger partial charge in [-0.05, 0) is 136 Å². The van der Waals surface area contributed by atoms with Gasteiger partial charge < -0.3 is 14.6 Å². The molecule has 0 amide bonds. The second kappa shape index (κ2) is 16.2. The lowest BCUT2D eigenvalue weighted by atomic mass is 9.44. The van der Waals surface area contributed by atoms with Crippen molar-refractivity contribution in [2.75, 3.05) is 13.2 Å². The molecule has 5 nitrogen and oxygen atoms in total. The second-order valence-electron chi connectivity index (χ2n) is 17.3. The summed E-state index contributed by atoms with van der Waals surface area (Å²) in [5.41, 5.74) is 1.48. The molecular formula is C41H68O5. The van der Waals surface area contributed by atoms with Crippen molar-refractivity contribution in [3.63, 3.8) is 0 Å². The van der Waals surface area contributed by atoms with Crippen molar-refractivity contribution >= 4 is 11.9 Å². The van der Waals surface area contributed by atoms with Crippen LogP contribution in [0, 0.1) is 58.2 Å². The number of aliphatic hydroxyl groups is 1. The maximum Gasteiger partial charge on any atom is 0.335 e. The van der Waals surface area contributed by atoms with Crippen LogP contribution in [0.15, 0.2) is 24.3 Å².